The highest BCUT2D eigenvalue weighted by Crippen LogP contribution is 2.29. The van der Waals surface area contributed by atoms with Crippen LogP contribution in [0.1, 0.15) is 22.9 Å². The standard InChI is InChI=1S/C13H17BrN4O/c1-8-5-6-9(7-10(8)19-4)11(15-2)12-13(14)16-17-18(12)3/h5-7,11,15H,1-4H3. The largest absolute Gasteiger partial charge is 0.496 e. The van der Waals surface area contributed by atoms with E-state index in [-0.39, 0.29) is 6.04 Å². The summed E-state index contributed by atoms with van der Waals surface area (Å²) in [5.41, 5.74) is 3.20. The van der Waals surface area contributed by atoms with Crippen molar-refractivity contribution in [2.24, 2.45) is 7.05 Å². The van der Waals surface area contributed by atoms with Gasteiger partial charge in [-0.15, -0.1) is 5.10 Å². The minimum absolute atomic E-state index is 0.00359. The van der Waals surface area contributed by atoms with Crippen LogP contribution in [-0.4, -0.2) is 29.2 Å². The van der Waals surface area contributed by atoms with E-state index in [1.807, 2.05) is 27.1 Å². The van der Waals surface area contributed by atoms with E-state index in [4.69, 9.17) is 4.74 Å². The van der Waals surface area contributed by atoms with Gasteiger partial charge in [0.25, 0.3) is 0 Å². The zero-order valence-electron chi connectivity index (χ0n) is 11.4. The zero-order valence-corrected chi connectivity index (χ0v) is 13.0. The van der Waals surface area contributed by atoms with E-state index in [1.54, 1.807) is 11.8 Å². The van der Waals surface area contributed by atoms with Crippen LogP contribution >= 0.6 is 15.9 Å². The molecule has 0 saturated heterocycles. The van der Waals surface area contributed by atoms with Crippen LogP contribution < -0.4 is 10.1 Å². The molecule has 0 fully saturated rings. The molecule has 1 aromatic carbocycles. The number of nitrogens with zero attached hydrogens (tertiary/aromatic N) is 3. The van der Waals surface area contributed by atoms with Crippen molar-refractivity contribution in [1.29, 1.82) is 0 Å². The first-order valence-corrected chi connectivity index (χ1v) is 6.74. The topological polar surface area (TPSA) is 52.0 Å². The lowest BCUT2D eigenvalue weighted by Gasteiger charge is -2.18. The van der Waals surface area contributed by atoms with Gasteiger partial charge in [-0.1, -0.05) is 17.3 Å². The van der Waals surface area contributed by atoms with Crippen LogP contribution in [0.5, 0.6) is 5.75 Å². The summed E-state index contributed by atoms with van der Waals surface area (Å²) in [5.74, 6) is 0.879. The van der Waals surface area contributed by atoms with Crippen molar-refractivity contribution in [3.05, 3.63) is 39.6 Å². The summed E-state index contributed by atoms with van der Waals surface area (Å²) in [7, 11) is 5.47. The molecule has 19 heavy (non-hydrogen) atoms. The van der Waals surface area contributed by atoms with Crippen molar-refractivity contribution in [2.45, 2.75) is 13.0 Å². The Hall–Kier alpha value is -1.40. The maximum atomic E-state index is 5.38. The van der Waals surface area contributed by atoms with Crippen LogP contribution in [0, 0.1) is 6.92 Å². The normalized spacial score (nSPS) is 12.5. The Morgan fingerprint density at radius 3 is 2.68 bits per heavy atom. The Morgan fingerprint density at radius 1 is 1.42 bits per heavy atom. The van der Waals surface area contributed by atoms with Crippen LogP contribution in [0.3, 0.4) is 0 Å². The monoisotopic (exact) mass is 324 g/mol. The number of nitrogens with one attached hydrogen (secondary N) is 1. The Kier molecular flexibility index (Phi) is 4.21. The molecule has 0 radical (unpaired) electrons. The minimum Gasteiger partial charge on any atom is -0.496 e. The number of rotatable bonds is 4. The van der Waals surface area contributed by atoms with Crippen molar-refractivity contribution in [3.63, 3.8) is 0 Å². The highest BCUT2D eigenvalue weighted by molar-refractivity contribution is 9.10. The molecule has 1 atom stereocenters. The van der Waals surface area contributed by atoms with E-state index in [9.17, 15) is 0 Å². The van der Waals surface area contributed by atoms with Crippen LogP contribution in [0.15, 0.2) is 22.8 Å². The lowest BCUT2D eigenvalue weighted by atomic mass is 10.0. The first-order chi connectivity index (χ1) is 9.08. The fourth-order valence-electron chi connectivity index (χ4n) is 2.12. The maximum absolute atomic E-state index is 5.38. The molecule has 1 unspecified atom stereocenters. The number of ether oxygens (including phenoxy) is 1. The molecule has 0 aliphatic carbocycles. The third kappa shape index (κ3) is 2.64. The minimum atomic E-state index is 0.00359. The Balaban J connectivity index is 2.48. The third-order valence-electron chi connectivity index (χ3n) is 3.15. The van der Waals surface area contributed by atoms with Gasteiger partial charge in [-0.05, 0) is 47.1 Å². The number of aromatic nitrogens is 3. The summed E-state index contributed by atoms with van der Waals surface area (Å²) >= 11 is 3.44. The Labute approximate surface area is 121 Å². The number of hydrogen-bond acceptors (Lipinski definition) is 4. The van der Waals surface area contributed by atoms with Crippen molar-refractivity contribution >= 4 is 15.9 Å². The van der Waals surface area contributed by atoms with E-state index >= 15 is 0 Å². The molecule has 2 aromatic rings. The van der Waals surface area contributed by atoms with Crippen molar-refractivity contribution in [1.82, 2.24) is 20.3 Å². The Morgan fingerprint density at radius 2 is 2.16 bits per heavy atom. The molecule has 0 amide bonds. The highest BCUT2D eigenvalue weighted by Gasteiger charge is 2.21. The molecule has 2 rings (SSSR count). The van der Waals surface area contributed by atoms with Gasteiger partial charge in [0, 0.05) is 7.05 Å². The molecular formula is C13H17BrN4O. The molecular weight excluding hydrogens is 308 g/mol. The van der Waals surface area contributed by atoms with Gasteiger partial charge < -0.3 is 10.1 Å². The first kappa shape index (κ1) is 14.0. The quantitative estimate of drug-likeness (QED) is 0.936. The second-order valence-corrected chi connectivity index (χ2v) is 5.09. The number of aryl methyl sites for hydroxylation is 2. The number of halogens is 1. The second-order valence-electron chi connectivity index (χ2n) is 4.34. The van der Waals surface area contributed by atoms with Gasteiger partial charge in [0.2, 0.25) is 0 Å². The maximum Gasteiger partial charge on any atom is 0.153 e. The van der Waals surface area contributed by atoms with Gasteiger partial charge in [0.15, 0.2) is 4.60 Å². The summed E-state index contributed by atoms with van der Waals surface area (Å²) in [6.45, 7) is 2.03. The predicted molar refractivity (Wildman–Crippen MR) is 77.3 cm³/mol. The van der Waals surface area contributed by atoms with Gasteiger partial charge in [0.05, 0.1) is 18.8 Å². The molecule has 102 valence electrons. The molecule has 1 aromatic heterocycles. The smallest absolute Gasteiger partial charge is 0.153 e. The van der Waals surface area contributed by atoms with E-state index in [0.29, 0.717) is 0 Å². The van der Waals surface area contributed by atoms with Crippen LogP contribution in [0.25, 0.3) is 0 Å². The summed E-state index contributed by atoms with van der Waals surface area (Å²) in [6.07, 6.45) is 0. The van der Waals surface area contributed by atoms with E-state index in [0.717, 1.165) is 27.2 Å². The SMILES string of the molecule is CNC(c1ccc(C)c(OC)c1)c1c(Br)nnn1C. The average Bonchev–Trinajstić information content (AvgIpc) is 2.73. The van der Waals surface area contributed by atoms with Gasteiger partial charge >= 0.3 is 0 Å². The molecule has 0 saturated carbocycles. The molecule has 5 nitrogen and oxygen atoms in total. The van der Waals surface area contributed by atoms with Crippen molar-refractivity contribution in [3.8, 4) is 5.75 Å². The van der Waals surface area contributed by atoms with Crippen LogP contribution in [0.4, 0.5) is 0 Å². The summed E-state index contributed by atoms with van der Waals surface area (Å²) < 4.78 is 7.89. The number of hydrogen-bond donors (Lipinski definition) is 1. The lowest BCUT2D eigenvalue weighted by Crippen LogP contribution is -2.21. The Bertz CT molecular complexity index is 563. The molecule has 0 aliphatic heterocycles. The fraction of sp³-hybridized carbons (Fsp3) is 0.385. The van der Waals surface area contributed by atoms with E-state index in [2.05, 4.69) is 43.7 Å². The molecule has 1 heterocycles. The summed E-state index contributed by atoms with van der Waals surface area (Å²) in [6, 6.07) is 6.17. The van der Waals surface area contributed by atoms with Gasteiger partial charge in [0.1, 0.15) is 5.75 Å². The predicted octanol–water partition coefficient (Wildman–Crippen LogP) is 2.20. The van der Waals surface area contributed by atoms with Crippen molar-refractivity contribution in [2.75, 3.05) is 14.2 Å². The van der Waals surface area contributed by atoms with Crippen molar-refractivity contribution < 1.29 is 4.74 Å². The molecule has 0 aliphatic rings. The lowest BCUT2D eigenvalue weighted by molar-refractivity contribution is 0.410. The van der Waals surface area contributed by atoms with Crippen LogP contribution in [0.2, 0.25) is 0 Å². The van der Waals surface area contributed by atoms with Gasteiger partial charge in [-0.3, -0.25) is 0 Å². The molecule has 6 heteroatoms. The number of benzene rings is 1. The third-order valence-corrected chi connectivity index (χ3v) is 3.72. The molecule has 1 N–H and O–H groups in total. The van der Waals surface area contributed by atoms with E-state index < -0.39 is 0 Å². The van der Waals surface area contributed by atoms with Crippen LogP contribution in [-0.2, 0) is 7.05 Å². The van der Waals surface area contributed by atoms with Gasteiger partial charge in [-0.2, -0.15) is 0 Å². The summed E-state index contributed by atoms with van der Waals surface area (Å²) in [4.78, 5) is 0. The highest BCUT2D eigenvalue weighted by atomic mass is 79.9. The first-order valence-electron chi connectivity index (χ1n) is 5.95. The second kappa shape index (κ2) is 5.71. The average molecular weight is 325 g/mol. The zero-order chi connectivity index (χ0) is 14.0. The number of methoxy groups -OCH3 is 1. The fourth-order valence-corrected chi connectivity index (χ4v) is 2.68. The molecule has 0 bridgehead atoms. The summed E-state index contributed by atoms with van der Waals surface area (Å²) in [5, 5.41) is 11.3. The molecule has 0 spiro atoms. The van der Waals surface area contributed by atoms with E-state index in [1.165, 1.54) is 0 Å². The van der Waals surface area contributed by atoms with Gasteiger partial charge in [-0.25, -0.2) is 4.68 Å².